The van der Waals surface area contributed by atoms with Crippen LogP contribution in [0.3, 0.4) is 0 Å². The molecule has 5 fully saturated rings. The van der Waals surface area contributed by atoms with Gasteiger partial charge in [0.05, 0.1) is 6.04 Å². The van der Waals surface area contributed by atoms with E-state index in [0.717, 1.165) is 38.8 Å². The average molecular weight is 532 g/mol. The van der Waals surface area contributed by atoms with Gasteiger partial charge in [-0.1, -0.05) is 47.1 Å². The second-order valence-corrected chi connectivity index (χ2v) is 14.7. The van der Waals surface area contributed by atoms with Crippen LogP contribution in [-0.4, -0.2) is 64.2 Å². The molecule has 37 heavy (non-hydrogen) atoms. The molecule has 2 saturated heterocycles. The van der Waals surface area contributed by atoms with Crippen LogP contribution in [0.1, 0.15) is 79.6 Å². The molecule has 2 aliphatic heterocycles. The Kier molecular flexibility index (Phi) is 6.36. The molecule has 0 radical (unpaired) electrons. The maximum atomic E-state index is 14.0. The predicted molar refractivity (Wildman–Crippen MR) is 146 cm³/mol. The summed E-state index contributed by atoms with van der Waals surface area (Å²) in [4.78, 5) is 42.8. The van der Waals surface area contributed by atoms with E-state index in [9.17, 15) is 14.4 Å². The third-order valence-corrected chi connectivity index (χ3v) is 11.9. The Morgan fingerprint density at radius 3 is 2.22 bits per heavy atom. The molecule has 2 heterocycles. The number of nitrogens with two attached hydrogens (primary N) is 1. The smallest absolute Gasteiger partial charge is 0.257 e. The number of likely N-dealkylation sites (tertiary alicyclic amines) is 1. The van der Waals surface area contributed by atoms with Crippen molar-refractivity contribution < 1.29 is 14.4 Å². The lowest BCUT2D eigenvalue weighted by Gasteiger charge is -2.34. The quantitative estimate of drug-likeness (QED) is 0.344. The maximum absolute atomic E-state index is 14.0. The molecule has 0 aromatic carbocycles. The van der Waals surface area contributed by atoms with Crippen molar-refractivity contribution in [2.45, 2.75) is 97.2 Å². The van der Waals surface area contributed by atoms with E-state index in [1.54, 1.807) is 11.0 Å². The molecule has 0 bridgehead atoms. The first-order valence-electron chi connectivity index (χ1n) is 14.0. The number of amides is 3. The summed E-state index contributed by atoms with van der Waals surface area (Å²) in [7, 11) is 0. The van der Waals surface area contributed by atoms with Crippen molar-refractivity contribution in [3.63, 3.8) is 0 Å². The van der Waals surface area contributed by atoms with Crippen LogP contribution in [0.2, 0.25) is 0 Å². The van der Waals surface area contributed by atoms with Crippen LogP contribution in [-0.2, 0) is 14.4 Å². The lowest BCUT2D eigenvalue weighted by Crippen LogP contribution is -2.58. The van der Waals surface area contributed by atoms with Gasteiger partial charge in [-0.15, -0.1) is 6.58 Å². The lowest BCUT2D eigenvalue weighted by molar-refractivity contribution is -0.142. The molecule has 0 aromatic heterocycles. The Balaban J connectivity index is 1.37. The van der Waals surface area contributed by atoms with Gasteiger partial charge in [0, 0.05) is 43.1 Å². The Hall–Kier alpha value is -1.58. The summed E-state index contributed by atoms with van der Waals surface area (Å²) < 4.78 is 5.11. The van der Waals surface area contributed by atoms with Crippen molar-refractivity contribution in [2.24, 2.45) is 33.3 Å². The number of hydrogen-bond donors (Lipinski definition) is 3. The molecule has 5 aliphatic rings. The zero-order valence-electron chi connectivity index (χ0n) is 23.2. The minimum atomic E-state index is -1.00. The molecule has 3 amide bonds. The van der Waals surface area contributed by atoms with E-state index in [4.69, 9.17) is 5.73 Å². The number of nitrogens with zero attached hydrogens (tertiary/aromatic N) is 2. The van der Waals surface area contributed by atoms with E-state index in [2.05, 4.69) is 34.8 Å². The van der Waals surface area contributed by atoms with Crippen molar-refractivity contribution in [3.05, 3.63) is 12.7 Å². The van der Waals surface area contributed by atoms with E-state index in [-0.39, 0.29) is 39.9 Å². The molecule has 5 unspecified atom stereocenters. The molecule has 4 N–H and O–H groups in total. The fourth-order valence-electron chi connectivity index (χ4n) is 7.93. The van der Waals surface area contributed by atoms with Crippen LogP contribution in [0.5, 0.6) is 0 Å². The van der Waals surface area contributed by atoms with Gasteiger partial charge < -0.3 is 16.0 Å². The summed E-state index contributed by atoms with van der Waals surface area (Å²) in [6.07, 6.45) is 8.67. The van der Waals surface area contributed by atoms with Crippen LogP contribution >= 0.6 is 12.1 Å². The van der Waals surface area contributed by atoms with Crippen LogP contribution < -0.4 is 15.8 Å². The van der Waals surface area contributed by atoms with Gasteiger partial charge in [0.25, 0.3) is 5.91 Å². The first-order valence-corrected chi connectivity index (χ1v) is 14.8. The number of fused-ring (bicyclic) bond motifs is 1. The molecule has 0 aromatic rings. The van der Waals surface area contributed by atoms with Crippen molar-refractivity contribution in [1.29, 1.82) is 0 Å². The summed E-state index contributed by atoms with van der Waals surface area (Å²) in [5.41, 5.74) is 5.23. The van der Waals surface area contributed by atoms with Crippen molar-refractivity contribution in [2.75, 3.05) is 19.6 Å². The Labute approximate surface area is 226 Å². The molecule has 8 nitrogen and oxygen atoms in total. The fraction of sp³-hybridized carbons (Fsp3) is 0.821. The molecule has 5 atom stereocenters. The standard InChI is InChI=1S/C28H45N5O3S/c1-7-18-15-28(18,23(36)31-37-32-13-8-9-14-32)30-21(34)19-16-27(25(5,6)26(27)11-10-12-26)17-33(19)22(35)20(29)24(2,3)4/h7,18-20H,1,8-17,29H2,2-6H3,(H,30,34)(H,31,36). The number of rotatable bonds is 7. The summed E-state index contributed by atoms with van der Waals surface area (Å²) >= 11 is 1.33. The highest BCUT2D eigenvalue weighted by Crippen LogP contribution is 2.88. The van der Waals surface area contributed by atoms with Gasteiger partial charge in [0.2, 0.25) is 11.8 Å². The highest BCUT2D eigenvalue weighted by atomic mass is 32.2. The highest BCUT2D eigenvalue weighted by Gasteiger charge is 2.85. The van der Waals surface area contributed by atoms with E-state index in [1.807, 2.05) is 20.8 Å². The zero-order valence-corrected chi connectivity index (χ0v) is 24.0. The topological polar surface area (TPSA) is 108 Å². The van der Waals surface area contributed by atoms with Gasteiger partial charge in [0.1, 0.15) is 11.6 Å². The van der Waals surface area contributed by atoms with E-state index >= 15 is 0 Å². The minimum Gasteiger partial charge on any atom is -0.339 e. The first kappa shape index (κ1) is 27.0. The Bertz CT molecular complexity index is 998. The number of carbonyl (C=O) groups is 3. The van der Waals surface area contributed by atoms with Gasteiger partial charge in [-0.05, 0) is 54.8 Å². The van der Waals surface area contributed by atoms with Crippen LogP contribution in [0.15, 0.2) is 12.7 Å². The largest absolute Gasteiger partial charge is 0.339 e. The molecule has 5 rings (SSSR count). The van der Waals surface area contributed by atoms with E-state index in [0.29, 0.717) is 19.4 Å². The van der Waals surface area contributed by atoms with Gasteiger partial charge in [-0.3, -0.25) is 19.1 Å². The minimum absolute atomic E-state index is 0.0717. The Morgan fingerprint density at radius 2 is 1.73 bits per heavy atom. The highest BCUT2D eigenvalue weighted by molar-refractivity contribution is 7.95. The molecular formula is C28H45N5O3S. The van der Waals surface area contributed by atoms with Crippen LogP contribution in [0.4, 0.5) is 0 Å². The summed E-state index contributed by atoms with van der Waals surface area (Å²) in [6.45, 7) is 16.8. The van der Waals surface area contributed by atoms with Crippen molar-refractivity contribution in [3.8, 4) is 0 Å². The van der Waals surface area contributed by atoms with Crippen LogP contribution in [0.25, 0.3) is 0 Å². The van der Waals surface area contributed by atoms with Gasteiger partial charge in [-0.25, -0.2) is 4.31 Å². The molecular weight excluding hydrogens is 486 g/mol. The second-order valence-electron chi connectivity index (χ2n) is 13.8. The van der Waals surface area contributed by atoms with Gasteiger partial charge in [-0.2, -0.15) is 0 Å². The zero-order chi connectivity index (χ0) is 27.0. The molecule has 206 valence electrons. The van der Waals surface area contributed by atoms with Gasteiger partial charge in [0.15, 0.2) is 0 Å². The molecule has 3 aliphatic carbocycles. The summed E-state index contributed by atoms with van der Waals surface area (Å²) in [5.74, 6) is -0.723. The number of carbonyl (C=O) groups excluding carboxylic acids is 3. The van der Waals surface area contributed by atoms with Crippen LogP contribution in [0, 0.1) is 27.6 Å². The number of nitrogens with one attached hydrogen (secondary N) is 2. The predicted octanol–water partition coefficient (Wildman–Crippen LogP) is 2.99. The van der Waals surface area contributed by atoms with E-state index < -0.39 is 23.0 Å². The summed E-state index contributed by atoms with van der Waals surface area (Å²) in [5, 5.41) is 3.12. The average Bonchev–Trinajstić information content (AvgIpc) is 3.30. The monoisotopic (exact) mass is 531 g/mol. The third-order valence-electron chi connectivity index (χ3n) is 11.0. The molecule has 3 saturated carbocycles. The SMILES string of the molecule is C=CC1CC1(NC(=O)C1CC2(CN1C(=O)C(N)C(C)(C)C)C(C)(C)C21CCC1)C(=O)NSN1CCCC1. The number of hydrogen-bond acceptors (Lipinski definition) is 6. The van der Waals surface area contributed by atoms with E-state index in [1.165, 1.54) is 18.6 Å². The van der Waals surface area contributed by atoms with Crippen molar-refractivity contribution in [1.82, 2.24) is 19.2 Å². The van der Waals surface area contributed by atoms with Crippen molar-refractivity contribution >= 4 is 29.9 Å². The Morgan fingerprint density at radius 1 is 1.08 bits per heavy atom. The van der Waals surface area contributed by atoms with Gasteiger partial charge >= 0.3 is 0 Å². The maximum Gasteiger partial charge on any atom is 0.257 e. The fourth-order valence-corrected chi connectivity index (χ4v) is 8.76. The molecule has 2 spiro atoms. The third kappa shape index (κ3) is 3.81. The lowest BCUT2D eigenvalue weighted by atomic mass is 9.73. The molecule has 9 heteroatoms. The summed E-state index contributed by atoms with van der Waals surface area (Å²) in [6, 6.07) is -1.32. The first-order chi connectivity index (χ1) is 17.3. The normalized spacial score (nSPS) is 36.2. The second kappa shape index (κ2) is 8.71.